The molecular formula is C25H22Cl2N4O3. The molecule has 7 nitrogen and oxygen atoms in total. The molecule has 3 heterocycles. The minimum Gasteiger partial charge on any atom is -0.481 e. The van der Waals surface area contributed by atoms with Crippen LogP contribution in [0.3, 0.4) is 0 Å². The van der Waals surface area contributed by atoms with Gasteiger partial charge in [-0.1, -0.05) is 29.3 Å². The van der Waals surface area contributed by atoms with Crippen LogP contribution in [0.15, 0.2) is 54.9 Å². The van der Waals surface area contributed by atoms with E-state index in [2.05, 4.69) is 9.97 Å². The number of carbonyl (C=O) groups excluding carboxylic acids is 1. The summed E-state index contributed by atoms with van der Waals surface area (Å²) >= 11 is 12.4. The second-order valence-corrected chi connectivity index (χ2v) is 8.88. The molecule has 1 fully saturated rings. The van der Waals surface area contributed by atoms with Crippen molar-refractivity contribution in [3.05, 3.63) is 81.6 Å². The number of benzene rings is 1. The summed E-state index contributed by atoms with van der Waals surface area (Å²) in [7, 11) is 1.53. The molecule has 174 valence electrons. The van der Waals surface area contributed by atoms with Gasteiger partial charge in [0.05, 0.1) is 28.3 Å². The van der Waals surface area contributed by atoms with Gasteiger partial charge in [-0.25, -0.2) is 9.97 Å². The van der Waals surface area contributed by atoms with E-state index in [1.807, 2.05) is 25.1 Å². The third kappa shape index (κ3) is 5.09. The number of likely N-dealkylation sites (tertiary alicyclic amines) is 1. The van der Waals surface area contributed by atoms with E-state index in [4.69, 9.17) is 37.9 Å². The molecule has 1 aliphatic rings. The van der Waals surface area contributed by atoms with Crippen molar-refractivity contribution in [1.29, 1.82) is 5.26 Å². The van der Waals surface area contributed by atoms with Crippen LogP contribution in [0.5, 0.6) is 11.8 Å². The van der Waals surface area contributed by atoms with Crippen molar-refractivity contribution in [2.45, 2.75) is 18.9 Å². The maximum Gasteiger partial charge on any atom is 0.255 e. The van der Waals surface area contributed by atoms with Crippen molar-refractivity contribution in [3.63, 3.8) is 0 Å². The molecule has 3 atom stereocenters. The van der Waals surface area contributed by atoms with Gasteiger partial charge in [-0.05, 0) is 36.8 Å². The third-order valence-corrected chi connectivity index (χ3v) is 6.73. The molecule has 0 radical (unpaired) electrons. The van der Waals surface area contributed by atoms with Gasteiger partial charge in [0.2, 0.25) is 11.8 Å². The van der Waals surface area contributed by atoms with Gasteiger partial charge in [0, 0.05) is 49.5 Å². The zero-order valence-electron chi connectivity index (χ0n) is 18.6. The highest BCUT2D eigenvalue weighted by molar-refractivity contribution is 6.42. The van der Waals surface area contributed by atoms with Crippen LogP contribution in [-0.2, 0) is 0 Å². The Labute approximate surface area is 207 Å². The number of amides is 1. The van der Waals surface area contributed by atoms with Crippen LogP contribution in [0.2, 0.25) is 10.0 Å². The second-order valence-electron chi connectivity index (χ2n) is 8.06. The molecule has 34 heavy (non-hydrogen) atoms. The maximum atomic E-state index is 13.3. The van der Waals surface area contributed by atoms with Gasteiger partial charge >= 0.3 is 0 Å². The van der Waals surface area contributed by atoms with E-state index in [1.165, 1.54) is 19.5 Å². The number of halogens is 2. The van der Waals surface area contributed by atoms with E-state index in [0.717, 1.165) is 5.56 Å². The average molecular weight is 497 g/mol. The predicted octanol–water partition coefficient (Wildman–Crippen LogP) is 4.99. The molecule has 1 saturated heterocycles. The van der Waals surface area contributed by atoms with Gasteiger partial charge < -0.3 is 14.4 Å². The maximum absolute atomic E-state index is 13.3. The molecule has 1 amide bonds. The Kier molecular flexibility index (Phi) is 7.20. The summed E-state index contributed by atoms with van der Waals surface area (Å²) in [6, 6.07) is 14.3. The van der Waals surface area contributed by atoms with Crippen molar-refractivity contribution >= 4 is 29.1 Å². The van der Waals surface area contributed by atoms with E-state index in [9.17, 15) is 4.79 Å². The topological polar surface area (TPSA) is 88.3 Å². The molecule has 0 saturated carbocycles. The van der Waals surface area contributed by atoms with Gasteiger partial charge in [0.25, 0.3) is 5.91 Å². The number of nitriles is 1. The van der Waals surface area contributed by atoms with Crippen LogP contribution in [0, 0.1) is 17.2 Å². The Morgan fingerprint density at radius 1 is 1.09 bits per heavy atom. The second kappa shape index (κ2) is 10.3. The Morgan fingerprint density at radius 3 is 2.47 bits per heavy atom. The summed E-state index contributed by atoms with van der Waals surface area (Å²) in [6.07, 6.45) is 2.72. The molecular weight excluding hydrogens is 475 g/mol. The van der Waals surface area contributed by atoms with Crippen molar-refractivity contribution in [2.75, 3.05) is 20.2 Å². The summed E-state index contributed by atoms with van der Waals surface area (Å²) in [5.41, 5.74) is 1.92. The smallest absolute Gasteiger partial charge is 0.255 e. The Bertz CT molecular complexity index is 1210. The average Bonchev–Trinajstić information content (AvgIpc) is 3.31. The first-order valence-corrected chi connectivity index (χ1v) is 11.4. The minimum absolute atomic E-state index is 0.0293. The van der Waals surface area contributed by atoms with Gasteiger partial charge in [0.15, 0.2) is 0 Å². The fourth-order valence-corrected chi connectivity index (χ4v) is 4.48. The lowest BCUT2D eigenvalue weighted by atomic mass is 9.86. The number of pyridine rings is 2. The molecule has 1 aromatic carbocycles. The molecule has 1 aliphatic heterocycles. The van der Waals surface area contributed by atoms with E-state index in [1.54, 1.807) is 35.2 Å². The summed E-state index contributed by atoms with van der Waals surface area (Å²) in [6.45, 7) is 2.92. The lowest BCUT2D eigenvalue weighted by molar-refractivity contribution is 0.0769. The zero-order chi connectivity index (χ0) is 24.2. The van der Waals surface area contributed by atoms with Crippen LogP contribution in [0.1, 0.15) is 34.3 Å². The van der Waals surface area contributed by atoms with Crippen molar-refractivity contribution in [1.82, 2.24) is 14.9 Å². The van der Waals surface area contributed by atoms with E-state index in [0.29, 0.717) is 46.0 Å². The zero-order valence-corrected chi connectivity index (χ0v) is 20.1. The number of hydrogen-bond acceptors (Lipinski definition) is 6. The first kappa shape index (κ1) is 23.8. The SMILES string of the molecule is COc1ccc(C(=O)N2CC(c3ccc(Cl)c(Cl)c3)C(C(C)Oc3ccc(C#N)cn3)C2)cn1. The predicted molar refractivity (Wildman–Crippen MR) is 128 cm³/mol. The van der Waals surface area contributed by atoms with Crippen molar-refractivity contribution in [3.8, 4) is 17.8 Å². The molecule has 2 aromatic heterocycles. The van der Waals surface area contributed by atoms with Crippen molar-refractivity contribution in [2.24, 2.45) is 5.92 Å². The highest BCUT2D eigenvalue weighted by Crippen LogP contribution is 2.38. The Hall–Kier alpha value is -3.34. The van der Waals surface area contributed by atoms with Crippen molar-refractivity contribution < 1.29 is 14.3 Å². The fourth-order valence-electron chi connectivity index (χ4n) is 4.17. The number of aromatic nitrogens is 2. The van der Waals surface area contributed by atoms with Gasteiger partial charge in [-0.15, -0.1) is 0 Å². The number of carbonyl (C=O) groups is 1. The molecule has 3 aromatic rings. The lowest BCUT2D eigenvalue weighted by Crippen LogP contribution is -2.32. The molecule has 0 aliphatic carbocycles. The largest absolute Gasteiger partial charge is 0.481 e. The van der Waals surface area contributed by atoms with E-state index >= 15 is 0 Å². The number of rotatable bonds is 6. The normalized spacial score (nSPS) is 18.3. The summed E-state index contributed by atoms with van der Waals surface area (Å²) in [4.78, 5) is 23.4. The first-order chi connectivity index (χ1) is 16.4. The first-order valence-electron chi connectivity index (χ1n) is 10.7. The Morgan fingerprint density at radius 2 is 1.85 bits per heavy atom. The molecule has 4 rings (SSSR count). The summed E-state index contributed by atoms with van der Waals surface area (Å²) in [5.74, 6) is 0.680. The molecule has 0 N–H and O–H groups in total. The molecule has 3 unspecified atom stereocenters. The minimum atomic E-state index is -0.272. The molecule has 0 spiro atoms. The van der Waals surface area contributed by atoms with E-state index in [-0.39, 0.29) is 23.8 Å². The standard InChI is InChI=1S/C25H22Cl2N4O3/c1-15(34-24-7-3-16(10-28)11-29-24)19-13-31(25(32)18-5-8-23(33-2)30-12-18)14-20(19)17-4-6-21(26)22(27)9-17/h3-9,11-12,15,19-20H,13-14H2,1-2H3. The highest BCUT2D eigenvalue weighted by atomic mass is 35.5. The molecule has 0 bridgehead atoms. The van der Waals surface area contributed by atoms with Crippen LogP contribution < -0.4 is 9.47 Å². The van der Waals surface area contributed by atoms with Crippen LogP contribution >= 0.6 is 23.2 Å². The monoisotopic (exact) mass is 496 g/mol. The highest BCUT2D eigenvalue weighted by Gasteiger charge is 2.40. The number of ether oxygens (including phenoxy) is 2. The fraction of sp³-hybridized carbons (Fsp3) is 0.280. The van der Waals surface area contributed by atoms with Crippen LogP contribution in [-0.4, -0.2) is 47.1 Å². The Balaban J connectivity index is 1.59. The summed E-state index contributed by atoms with van der Waals surface area (Å²) < 4.78 is 11.2. The van der Waals surface area contributed by atoms with Gasteiger partial charge in [-0.2, -0.15) is 5.26 Å². The number of nitrogens with zero attached hydrogens (tertiary/aromatic N) is 4. The molecule has 9 heteroatoms. The number of hydrogen-bond donors (Lipinski definition) is 0. The lowest BCUT2D eigenvalue weighted by Gasteiger charge is -2.25. The third-order valence-electron chi connectivity index (χ3n) is 5.99. The number of methoxy groups -OCH3 is 1. The van der Waals surface area contributed by atoms with Crippen LogP contribution in [0.4, 0.5) is 0 Å². The van der Waals surface area contributed by atoms with Crippen LogP contribution in [0.25, 0.3) is 0 Å². The summed E-state index contributed by atoms with van der Waals surface area (Å²) in [5, 5.41) is 9.93. The van der Waals surface area contributed by atoms with Gasteiger partial charge in [-0.3, -0.25) is 4.79 Å². The van der Waals surface area contributed by atoms with E-state index < -0.39 is 0 Å². The van der Waals surface area contributed by atoms with Gasteiger partial charge in [0.1, 0.15) is 12.2 Å². The quantitative estimate of drug-likeness (QED) is 0.477.